The molecule has 0 aromatic heterocycles. The van der Waals surface area contributed by atoms with Crippen LogP contribution in [0.3, 0.4) is 0 Å². The third-order valence-electron chi connectivity index (χ3n) is 4.84. The lowest BCUT2D eigenvalue weighted by molar-refractivity contribution is -0.127. The lowest BCUT2D eigenvalue weighted by Crippen LogP contribution is -2.46. The molecule has 0 spiro atoms. The lowest BCUT2D eigenvalue weighted by atomic mass is 10.1. The minimum atomic E-state index is -0.417. The van der Waals surface area contributed by atoms with Gasteiger partial charge in [-0.25, -0.2) is 0 Å². The largest absolute Gasteiger partial charge is 0.348 e. The standard InChI is InChI=1S/C22H29N3O2/c1-15-10-9-11-16(2)21(15)24-20(26)14-25(5)18(4)22(27)23-17(3)19-12-7-6-8-13-19/h6-13,17-18H,14H2,1-5H3,(H,23,27)(H,24,26)/t17-,18+/m1/s1. The number of amides is 2. The monoisotopic (exact) mass is 367 g/mol. The molecule has 0 bridgehead atoms. The van der Waals surface area contributed by atoms with Gasteiger partial charge in [0.1, 0.15) is 0 Å². The van der Waals surface area contributed by atoms with Gasteiger partial charge in [0.25, 0.3) is 0 Å². The summed E-state index contributed by atoms with van der Waals surface area (Å²) in [4.78, 5) is 26.7. The molecule has 2 amide bonds. The zero-order valence-corrected chi connectivity index (χ0v) is 16.7. The number of hydrogen-bond acceptors (Lipinski definition) is 3. The minimum absolute atomic E-state index is 0.0852. The predicted octanol–water partition coefficient (Wildman–Crippen LogP) is 3.44. The van der Waals surface area contributed by atoms with Crippen LogP contribution in [0.15, 0.2) is 48.5 Å². The molecule has 0 aliphatic rings. The molecule has 2 aromatic carbocycles. The van der Waals surface area contributed by atoms with Crippen molar-refractivity contribution in [1.29, 1.82) is 0 Å². The molecule has 5 nitrogen and oxygen atoms in total. The van der Waals surface area contributed by atoms with E-state index in [1.807, 2.05) is 69.3 Å². The smallest absolute Gasteiger partial charge is 0.238 e. The van der Waals surface area contributed by atoms with Crippen molar-refractivity contribution in [3.8, 4) is 0 Å². The summed E-state index contributed by atoms with van der Waals surface area (Å²) >= 11 is 0. The highest BCUT2D eigenvalue weighted by Crippen LogP contribution is 2.19. The van der Waals surface area contributed by atoms with Gasteiger partial charge in [-0.05, 0) is 51.4 Å². The third kappa shape index (κ3) is 5.66. The molecule has 0 saturated carbocycles. The van der Waals surface area contributed by atoms with E-state index in [0.29, 0.717) is 0 Å². The van der Waals surface area contributed by atoms with Gasteiger partial charge in [0.2, 0.25) is 11.8 Å². The molecule has 0 heterocycles. The van der Waals surface area contributed by atoms with Crippen LogP contribution in [-0.4, -0.2) is 36.3 Å². The first-order chi connectivity index (χ1) is 12.8. The van der Waals surface area contributed by atoms with Crippen molar-refractivity contribution in [2.45, 2.75) is 39.8 Å². The fraction of sp³-hybridized carbons (Fsp3) is 0.364. The van der Waals surface area contributed by atoms with Crippen LogP contribution in [0.1, 0.15) is 36.6 Å². The van der Waals surface area contributed by atoms with Crippen LogP contribution in [0.25, 0.3) is 0 Å². The highest BCUT2D eigenvalue weighted by Gasteiger charge is 2.22. The van der Waals surface area contributed by atoms with E-state index in [2.05, 4.69) is 10.6 Å². The fourth-order valence-corrected chi connectivity index (χ4v) is 2.91. The van der Waals surface area contributed by atoms with Crippen LogP contribution < -0.4 is 10.6 Å². The minimum Gasteiger partial charge on any atom is -0.348 e. The first kappa shape index (κ1) is 20.6. The van der Waals surface area contributed by atoms with Gasteiger partial charge in [0, 0.05) is 5.69 Å². The van der Waals surface area contributed by atoms with Crippen LogP contribution >= 0.6 is 0 Å². The van der Waals surface area contributed by atoms with Gasteiger partial charge in [-0.1, -0.05) is 48.5 Å². The maximum Gasteiger partial charge on any atom is 0.238 e. The average molecular weight is 367 g/mol. The summed E-state index contributed by atoms with van der Waals surface area (Å²) < 4.78 is 0. The molecule has 2 aromatic rings. The molecule has 2 rings (SSSR count). The molecule has 27 heavy (non-hydrogen) atoms. The SMILES string of the molecule is Cc1cccc(C)c1NC(=O)CN(C)[C@@H](C)C(=O)N[C@H](C)c1ccccc1. The van der Waals surface area contributed by atoms with Crippen molar-refractivity contribution in [1.82, 2.24) is 10.2 Å². The van der Waals surface area contributed by atoms with Crippen LogP contribution in [0, 0.1) is 13.8 Å². The summed E-state index contributed by atoms with van der Waals surface area (Å²) in [5.74, 6) is -0.237. The Balaban J connectivity index is 1.91. The Morgan fingerprint density at radius 2 is 1.56 bits per heavy atom. The molecule has 2 atom stereocenters. The maximum absolute atomic E-state index is 12.5. The molecule has 0 radical (unpaired) electrons. The van der Waals surface area contributed by atoms with E-state index >= 15 is 0 Å². The average Bonchev–Trinajstić information content (AvgIpc) is 2.64. The van der Waals surface area contributed by atoms with E-state index < -0.39 is 6.04 Å². The number of para-hydroxylation sites is 1. The Bertz CT molecular complexity index is 769. The number of nitrogens with zero attached hydrogens (tertiary/aromatic N) is 1. The molecule has 0 fully saturated rings. The zero-order valence-electron chi connectivity index (χ0n) is 16.7. The van der Waals surface area contributed by atoms with Crippen molar-refractivity contribution >= 4 is 17.5 Å². The first-order valence-corrected chi connectivity index (χ1v) is 9.21. The number of hydrogen-bond donors (Lipinski definition) is 2. The Morgan fingerprint density at radius 3 is 2.15 bits per heavy atom. The van der Waals surface area contributed by atoms with Crippen molar-refractivity contribution in [3.63, 3.8) is 0 Å². The number of rotatable bonds is 7. The molecule has 0 saturated heterocycles. The van der Waals surface area contributed by atoms with Crippen LogP contribution in [0.5, 0.6) is 0 Å². The van der Waals surface area contributed by atoms with E-state index in [9.17, 15) is 9.59 Å². The van der Waals surface area contributed by atoms with Gasteiger partial charge in [0.15, 0.2) is 0 Å². The van der Waals surface area contributed by atoms with Gasteiger partial charge < -0.3 is 10.6 Å². The molecule has 0 aliphatic heterocycles. The summed E-state index contributed by atoms with van der Waals surface area (Å²) in [5, 5.41) is 5.96. The second-order valence-corrected chi connectivity index (χ2v) is 7.05. The molecule has 5 heteroatoms. The van der Waals surface area contributed by atoms with E-state index in [1.54, 1.807) is 18.9 Å². The molecule has 0 unspecified atom stereocenters. The van der Waals surface area contributed by atoms with Crippen LogP contribution in [-0.2, 0) is 9.59 Å². The zero-order chi connectivity index (χ0) is 20.0. The van der Waals surface area contributed by atoms with E-state index in [1.165, 1.54) is 0 Å². The quantitative estimate of drug-likeness (QED) is 0.788. The summed E-state index contributed by atoms with van der Waals surface area (Å²) in [6, 6.07) is 15.2. The van der Waals surface area contributed by atoms with Gasteiger partial charge in [-0.3, -0.25) is 14.5 Å². The maximum atomic E-state index is 12.5. The number of carbonyl (C=O) groups excluding carboxylic acids is 2. The summed E-state index contributed by atoms with van der Waals surface area (Å²) in [7, 11) is 1.78. The van der Waals surface area contributed by atoms with Gasteiger partial charge in [0.05, 0.1) is 18.6 Å². The number of likely N-dealkylation sites (N-methyl/N-ethyl adjacent to an activating group) is 1. The molecular weight excluding hydrogens is 338 g/mol. The lowest BCUT2D eigenvalue weighted by Gasteiger charge is -2.25. The molecule has 2 N–H and O–H groups in total. The normalized spacial score (nSPS) is 13.1. The second kappa shape index (κ2) is 9.33. The third-order valence-corrected chi connectivity index (χ3v) is 4.84. The van der Waals surface area contributed by atoms with E-state index in [4.69, 9.17) is 0 Å². The summed E-state index contributed by atoms with van der Waals surface area (Å²) in [5.41, 5.74) is 3.93. The van der Waals surface area contributed by atoms with Crippen molar-refractivity contribution in [2.24, 2.45) is 0 Å². The number of anilines is 1. The van der Waals surface area contributed by atoms with Crippen LogP contribution in [0.2, 0.25) is 0 Å². The van der Waals surface area contributed by atoms with Crippen molar-refractivity contribution in [2.75, 3.05) is 18.9 Å². The van der Waals surface area contributed by atoms with Gasteiger partial charge in [-0.2, -0.15) is 0 Å². The predicted molar refractivity (Wildman–Crippen MR) is 110 cm³/mol. The van der Waals surface area contributed by atoms with Crippen molar-refractivity contribution < 1.29 is 9.59 Å². The van der Waals surface area contributed by atoms with E-state index in [0.717, 1.165) is 22.4 Å². The number of aryl methyl sites for hydroxylation is 2. The summed E-state index contributed by atoms with van der Waals surface area (Å²) in [6.07, 6.45) is 0. The number of nitrogens with one attached hydrogen (secondary N) is 2. The van der Waals surface area contributed by atoms with Gasteiger partial charge >= 0.3 is 0 Å². The first-order valence-electron chi connectivity index (χ1n) is 9.21. The van der Waals surface area contributed by atoms with Crippen molar-refractivity contribution in [3.05, 3.63) is 65.2 Å². The highest BCUT2D eigenvalue weighted by molar-refractivity contribution is 5.94. The fourth-order valence-electron chi connectivity index (χ4n) is 2.91. The molecule has 144 valence electrons. The number of carbonyl (C=O) groups is 2. The topological polar surface area (TPSA) is 61.4 Å². The molecular formula is C22H29N3O2. The summed E-state index contributed by atoms with van der Waals surface area (Å²) in [6.45, 7) is 7.83. The van der Waals surface area contributed by atoms with Gasteiger partial charge in [-0.15, -0.1) is 0 Å². The Morgan fingerprint density at radius 1 is 0.963 bits per heavy atom. The Hall–Kier alpha value is -2.66. The highest BCUT2D eigenvalue weighted by atomic mass is 16.2. The van der Waals surface area contributed by atoms with Crippen LogP contribution in [0.4, 0.5) is 5.69 Å². The molecule has 0 aliphatic carbocycles. The number of benzene rings is 2. The Kier molecular flexibility index (Phi) is 7.13. The second-order valence-electron chi connectivity index (χ2n) is 7.05. The van der Waals surface area contributed by atoms with E-state index in [-0.39, 0.29) is 24.4 Å². The Labute approximate surface area is 161 Å².